The van der Waals surface area contributed by atoms with Gasteiger partial charge in [0.2, 0.25) is 5.91 Å². The summed E-state index contributed by atoms with van der Waals surface area (Å²) in [5.74, 6) is 0.958. The van der Waals surface area contributed by atoms with Crippen molar-refractivity contribution in [3.05, 3.63) is 95.9 Å². The van der Waals surface area contributed by atoms with Gasteiger partial charge < -0.3 is 14.5 Å². The Balaban J connectivity index is 1.61. The van der Waals surface area contributed by atoms with Gasteiger partial charge in [-0.25, -0.2) is 4.98 Å². The van der Waals surface area contributed by atoms with E-state index in [1.165, 1.54) is 5.39 Å². The van der Waals surface area contributed by atoms with Crippen molar-refractivity contribution < 1.29 is 13.9 Å². The van der Waals surface area contributed by atoms with Gasteiger partial charge in [0, 0.05) is 33.8 Å². The van der Waals surface area contributed by atoms with Crippen LogP contribution in [0.3, 0.4) is 0 Å². The molecule has 0 aliphatic heterocycles. The molecule has 0 saturated carbocycles. The number of aromatic nitrogens is 1. The van der Waals surface area contributed by atoms with Crippen LogP contribution in [0.1, 0.15) is 23.7 Å². The number of rotatable bonds is 5. The Morgan fingerprint density at radius 1 is 0.971 bits per heavy atom. The number of methoxy groups -OCH3 is 1. The normalized spacial score (nSPS) is 11.7. The Morgan fingerprint density at radius 2 is 1.74 bits per heavy atom. The predicted octanol–water partition coefficient (Wildman–Crippen LogP) is 7.32. The molecular weight excluding hydrogens is 436 g/mol. The summed E-state index contributed by atoms with van der Waals surface area (Å²) >= 11 is 0. The zero-order chi connectivity index (χ0) is 24.5. The van der Waals surface area contributed by atoms with Gasteiger partial charge in [-0.05, 0) is 60.9 Å². The molecule has 5 rings (SSSR count). The van der Waals surface area contributed by atoms with Gasteiger partial charge >= 0.3 is 0 Å². The number of benzene rings is 3. The molecule has 0 saturated heterocycles. The molecule has 0 aliphatic carbocycles. The van der Waals surface area contributed by atoms with Gasteiger partial charge in [0.1, 0.15) is 17.2 Å². The van der Waals surface area contributed by atoms with Crippen LogP contribution < -0.4 is 10.1 Å². The number of furan rings is 1. The second-order valence-corrected chi connectivity index (χ2v) is 8.62. The highest BCUT2D eigenvalue weighted by Crippen LogP contribution is 2.42. The van der Waals surface area contributed by atoms with E-state index in [9.17, 15) is 4.79 Å². The summed E-state index contributed by atoms with van der Waals surface area (Å²) in [4.78, 5) is 17.1. The number of aryl methyl sites for hydroxylation is 2. The highest BCUT2D eigenvalue weighted by atomic mass is 16.5. The zero-order valence-corrected chi connectivity index (χ0v) is 20.2. The fourth-order valence-electron chi connectivity index (χ4n) is 4.59. The lowest BCUT2D eigenvalue weighted by molar-refractivity contribution is -0.111. The monoisotopic (exact) mass is 462 g/mol. The van der Waals surface area contributed by atoms with Crippen LogP contribution in [0.4, 0.5) is 5.82 Å². The van der Waals surface area contributed by atoms with Gasteiger partial charge in [-0.2, -0.15) is 0 Å². The van der Waals surface area contributed by atoms with Crippen LogP contribution in [0.15, 0.2) is 83.5 Å². The van der Waals surface area contributed by atoms with Crippen LogP contribution >= 0.6 is 0 Å². The Bertz CT molecular complexity index is 1610. The van der Waals surface area contributed by atoms with Crippen molar-refractivity contribution in [1.82, 2.24) is 4.98 Å². The molecule has 0 aliphatic rings. The number of hydrogen-bond donors (Lipinski definition) is 1. The SMILES string of the molecule is COc1c(/C(C)=C/C(=O)Nc2cccc(C)n2)cc2c(-c3cccc4ccccc34)coc2c1C. The van der Waals surface area contributed by atoms with Crippen molar-refractivity contribution in [1.29, 1.82) is 0 Å². The van der Waals surface area contributed by atoms with E-state index in [-0.39, 0.29) is 5.91 Å². The second-order valence-electron chi connectivity index (χ2n) is 8.62. The molecule has 3 aromatic carbocycles. The topological polar surface area (TPSA) is 64.4 Å². The largest absolute Gasteiger partial charge is 0.496 e. The first-order valence-corrected chi connectivity index (χ1v) is 11.5. The standard InChI is InChI=1S/C30H26N2O3/c1-18(15-28(33)32-27-14-7-9-19(2)31-27)24-16-25-26(17-35-30(25)20(3)29(24)34-4)23-13-8-11-21-10-5-6-12-22(21)23/h5-17H,1-4H3,(H,31,32,33)/b18-15+. The first-order valence-electron chi connectivity index (χ1n) is 11.5. The van der Waals surface area contributed by atoms with Gasteiger partial charge in [-0.15, -0.1) is 0 Å². The number of fused-ring (bicyclic) bond motifs is 2. The number of ether oxygens (including phenoxy) is 1. The minimum atomic E-state index is -0.248. The van der Waals surface area contributed by atoms with Crippen LogP contribution in [0.25, 0.3) is 38.4 Å². The summed E-state index contributed by atoms with van der Waals surface area (Å²) in [6.45, 7) is 5.77. The summed E-state index contributed by atoms with van der Waals surface area (Å²) in [5, 5.41) is 6.14. The molecule has 5 heteroatoms. The van der Waals surface area contributed by atoms with Crippen molar-refractivity contribution in [3.63, 3.8) is 0 Å². The molecule has 35 heavy (non-hydrogen) atoms. The number of anilines is 1. The maximum Gasteiger partial charge on any atom is 0.249 e. The van der Waals surface area contributed by atoms with Crippen molar-refractivity contribution in [2.24, 2.45) is 0 Å². The number of hydrogen-bond acceptors (Lipinski definition) is 4. The summed E-state index contributed by atoms with van der Waals surface area (Å²) < 4.78 is 11.8. The quantitative estimate of drug-likeness (QED) is 0.278. The molecule has 1 amide bonds. The highest BCUT2D eigenvalue weighted by molar-refractivity contribution is 6.08. The molecule has 174 valence electrons. The smallest absolute Gasteiger partial charge is 0.249 e. The Kier molecular flexibility index (Phi) is 5.83. The molecule has 0 radical (unpaired) electrons. The van der Waals surface area contributed by atoms with Gasteiger partial charge in [0.15, 0.2) is 0 Å². The van der Waals surface area contributed by atoms with E-state index in [2.05, 4.69) is 40.6 Å². The minimum Gasteiger partial charge on any atom is -0.496 e. The van der Waals surface area contributed by atoms with Crippen molar-refractivity contribution in [3.8, 4) is 16.9 Å². The van der Waals surface area contributed by atoms with E-state index in [1.807, 2.05) is 51.1 Å². The van der Waals surface area contributed by atoms with Gasteiger partial charge in [0.25, 0.3) is 0 Å². The summed E-state index contributed by atoms with van der Waals surface area (Å²) in [6, 6.07) is 22.2. The van der Waals surface area contributed by atoms with E-state index >= 15 is 0 Å². The maximum atomic E-state index is 12.8. The summed E-state index contributed by atoms with van der Waals surface area (Å²) in [5.41, 5.74) is 6.23. The minimum absolute atomic E-state index is 0.248. The fourth-order valence-corrected chi connectivity index (χ4v) is 4.59. The van der Waals surface area contributed by atoms with Crippen LogP contribution in [-0.4, -0.2) is 18.0 Å². The number of nitrogens with zero attached hydrogens (tertiary/aromatic N) is 1. The third-order valence-electron chi connectivity index (χ3n) is 6.24. The first kappa shape index (κ1) is 22.4. The second kappa shape index (κ2) is 9.11. The third-order valence-corrected chi connectivity index (χ3v) is 6.24. The van der Waals surface area contributed by atoms with Crippen LogP contribution in [-0.2, 0) is 4.79 Å². The molecular formula is C30H26N2O3. The highest BCUT2D eigenvalue weighted by Gasteiger charge is 2.19. The van der Waals surface area contributed by atoms with Crippen LogP contribution in [0, 0.1) is 13.8 Å². The molecule has 0 atom stereocenters. The summed E-state index contributed by atoms with van der Waals surface area (Å²) in [6.07, 6.45) is 3.38. The molecule has 5 nitrogen and oxygen atoms in total. The third kappa shape index (κ3) is 4.17. The maximum absolute atomic E-state index is 12.8. The van der Waals surface area contributed by atoms with E-state index in [0.29, 0.717) is 11.6 Å². The molecule has 0 spiro atoms. The number of pyridine rings is 1. The zero-order valence-electron chi connectivity index (χ0n) is 20.2. The van der Waals surface area contributed by atoms with Crippen LogP contribution in [0.5, 0.6) is 5.75 Å². The van der Waals surface area contributed by atoms with Crippen molar-refractivity contribution in [2.45, 2.75) is 20.8 Å². The van der Waals surface area contributed by atoms with Gasteiger partial charge in [-0.3, -0.25) is 4.79 Å². The number of allylic oxidation sites excluding steroid dienone is 1. The Labute approximate surface area is 204 Å². The van der Waals surface area contributed by atoms with E-state index in [1.54, 1.807) is 25.5 Å². The molecule has 0 bridgehead atoms. The van der Waals surface area contributed by atoms with Crippen molar-refractivity contribution in [2.75, 3.05) is 12.4 Å². The molecule has 2 heterocycles. The molecule has 5 aromatic rings. The molecule has 0 fully saturated rings. The number of amides is 1. The molecule has 2 aromatic heterocycles. The predicted molar refractivity (Wildman–Crippen MR) is 142 cm³/mol. The summed E-state index contributed by atoms with van der Waals surface area (Å²) in [7, 11) is 1.64. The van der Waals surface area contributed by atoms with Gasteiger partial charge in [-0.1, -0.05) is 48.5 Å². The number of nitrogens with one attached hydrogen (secondary N) is 1. The van der Waals surface area contributed by atoms with Crippen LogP contribution in [0.2, 0.25) is 0 Å². The Hall–Kier alpha value is -4.38. The number of carbonyl (C=O) groups is 1. The van der Waals surface area contributed by atoms with E-state index in [0.717, 1.165) is 49.9 Å². The number of carbonyl (C=O) groups excluding carboxylic acids is 1. The average Bonchev–Trinajstić information content (AvgIpc) is 3.27. The lowest BCUT2D eigenvalue weighted by Crippen LogP contribution is -2.10. The van der Waals surface area contributed by atoms with E-state index in [4.69, 9.17) is 9.15 Å². The lowest BCUT2D eigenvalue weighted by Gasteiger charge is -2.14. The van der Waals surface area contributed by atoms with Crippen molar-refractivity contribution >= 4 is 39.0 Å². The van der Waals surface area contributed by atoms with Gasteiger partial charge in [0.05, 0.1) is 13.4 Å². The fraction of sp³-hybridized carbons (Fsp3) is 0.133. The Morgan fingerprint density at radius 3 is 2.54 bits per heavy atom. The lowest BCUT2D eigenvalue weighted by atomic mass is 9.94. The van der Waals surface area contributed by atoms with E-state index < -0.39 is 0 Å². The molecule has 0 unspecified atom stereocenters. The average molecular weight is 463 g/mol. The molecule has 1 N–H and O–H groups in total. The first-order chi connectivity index (χ1) is 17.0.